The molecular weight excluding hydrogens is 306 g/mol. The van der Waals surface area contributed by atoms with Crippen LogP contribution in [0.2, 0.25) is 0 Å². The molecule has 1 aromatic carbocycles. The summed E-state index contributed by atoms with van der Waals surface area (Å²) in [5.74, 6) is -0.189. The molecule has 0 aliphatic carbocycles. The first-order chi connectivity index (χ1) is 9.15. The molecule has 98 valence electrons. The van der Waals surface area contributed by atoms with Gasteiger partial charge in [-0.25, -0.2) is 9.97 Å². The standard InChI is InChI=1S/C14H14BrN3O/c1-14(9-15,12-5-3-2-4-6-12)18-13(19)11-7-16-10-17-8-11/h2-8,10H,9H2,1H3,(H,18,19). The predicted molar refractivity (Wildman–Crippen MR) is 77.1 cm³/mol. The molecule has 1 aromatic heterocycles. The summed E-state index contributed by atoms with van der Waals surface area (Å²) >= 11 is 3.46. The highest BCUT2D eigenvalue weighted by Gasteiger charge is 2.27. The topological polar surface area (TPSA) is 54.9 Å². The molecule has 1 unspecified atom stereocenters. The third-order valence-electron chi connectivity index (χ3n) is 2.89. The largest absolute Gasteiger partial charge is 0.342 e. The highest BCUT2D eigenvalue weighted by atomic mass is 79.9. The van der Waals surface area contributed by atoms with E-state index in [1.165, 1.54) is 18.7 Å². The average molecular weight is 320 g/mol. The van der Waals surface area contributed by atoms with Gasteiger partial charge < -0.3 is 5.32 Å². The van der Waals surface area contributed by atoms with E-state index in [9.17, 15) is 4.79 Å². The van der Waals surface area contributed by atoms with Crippen molar-refractivity contribution in [2.75, 3.05) is 5.33 Å². The van der Waals surface area contributed by atoms with Crippen LogP contribution in [0.5, 0.6) is 0 Å². The van der Waals surface area contributed by atoms with Crippen molar-refractivity contribution in [3.8, 4) is 0 Å². The fourth-order valence-corrected chi connectivity index (χ4v) is 2.19. The Balaban J connectivity index is 2.22. The lowest BCUT2D eigenvalue weighted by atomic mass is 9.94. The predicted octanol–water partition coefficient (Wildman–Crippen LogP) is 2.52. The third-order valence-corrected chi connectivity index (χ3v) is 4.01. The minimum Gasteiger partial charge on any atom is -0.342 e. The lowest BCUT2D eigenvalue weighted by molar-refractivity contribution is 0.0913. The van der Waals surface area contributed by atoms with Crippen molar-refractivity contribution in [1.29, 1.82) is 0 Å². The van der Waals surface area contributed by atoms with Gasteiger partial charge in [-0.05, 0) is 12.5 Å². The SMILES string of the molecule is CC(CBr)(NC(=O)c1cncnc1)c1ccccc1. The van der Waals surface area contributed by atoms with E-state index in [1.54, 1.807) is 0 Å². The van der Waals surface area contributed by atoms with Gasteiger partial charge in [0.15, 0.2) is 0 Å². The summed E-state index contributed by atoms with van der Waals surface area (Å²) in [7, 11) is 0. The number of halogens is 1. The van der Waals surface area contributed by atoms with Crippen LogP contribution in [-0.2, 0) is 5.54 Å². The molecule has 2 rings (SSSR count). The van der Waals surface area contributed by atoms with E-state index in [4.69, 9.17) is 0 Å². The van der Waals surface area contributed by atoms with Gasteiger partial charge in [0.2, 0.25) is 0 Å². The van der Waals surface area contributed by atoms with Crippen molar-refractivity contribution in [3.63, 3.8) is 0 Å². The van der Waals surface area contributed by atoms with E-state index >= 15 is 0 Å². The van der Waals surface area contributed by atoms with Gasteiger partial charge in [0.05, 0.1) is 11.1 Å². The van der Waals surface area contributed by atoms with Crippen LogP contribution in [0.25, 0.3) is 0 Å². The van der Waals surface area contributed by atoms with Gasteiger partial charge in [-0.3, -0.25) is 4.79 Å². The molecule has 1 heterocycles. The van der Waals surface area contributed by atoms with Crippen LogP contribution < -0.4 is 5.32 Å². The Kier molecular flexibility index (Phi) is 4.27. The number of hydrogen-bond donors (Lipinski definition) is 1. The van der Waals surface area contributed by atoms with E-state index in [-0.39, 0.29) is 5.91 Å². The van der Waals surface area contributed by atoms with Crippen molar-refractivity contribution in [3.05, 3.63) is 60.2 Å². The molecule has 0 radical (unpaired) electrons. The molecule has 4 nitrogen and oxygen atoms in total. The number of aromatic nitrogens is 2. The molecule has 0 saturated heterocycles. The summed E-state index contributed by atoms with van der Waals surface area (Å²) < 4.78 is 0. The summed E-state index contributed by atoms with van der Waals surface area (Å²) in [6.07, 6.45) is 4.40. The summed E-state index contributed by atoms with van der Waals surface area (Å²) in [5, 5.41) is 3.62. The van der Waals surface area contributed by atoms with Crippen LogP contribution in [0.4, 0.5) is 0 Å². The molecule has 0 aliphatic heterocycles. The van der Waals surface area contributed by atoms with Gasteiger partial charge in [0.1, 0.15) is 6.33 Å². The number of alkyl halides is 1. The number of rotatable bonds is 4. The smallest absolute Gasteiger partial charge is 0.255 e. The minimum atomic E-state index is -0.478. The Labute approximate surface area is 120 Å². The molecule has 1 amide bonds. The van der Waals surface area contributed by atoms with Gasteiger partial charge in [0, 0.05) is 17.7 Å². The molecule has 0 saturated carbocycles. The van der Waals surface area contributed by atoms with E-state index in [1.807, 2.05) is 37.3 Å². The van der Waals surface area contributed by atoms with Crippen molar-refractivity contribution in [2.24, 2.45) is 0 Å². The first kappa shape index (κ1) is 13.7. The van der Waals surface area contributed by atoms with Gasteiger partial charge >= 0.3 is 0 Å². The number of hydrogen-bond acceptors (Lipinski definition) is 3. The Morgan fingerprint density at radius 1 is 1.26 bits per heavy atom. The maximum absolute atomic E-state index is 12.2. The van der Waals surface area contributed by atoms with E-state index in [0.29, 0.717) is 10.9 Å². The highest BCUT2D eigenvalue weighted by molar-refractivity contribution is 9.09. The highest BCUT2D eigenvalue weighted by Crippen LogP contribution is 2.23. The number of amides is 1. The molecule has 1 N–H and O–H groups in total. The molecule has 0 spiro atoms. The zero-order valence-corrected chi connectivity index (χ0v) is 12.1. The summed E-state index contributed by atoms with van der Waals surface area (Å²) in [4.78, 5) is 19.9. The van der Waals surface area contributed by atoms with E-state index in [2.05, 4.69) is 31.2 Å². The fraction of sp³-hybridized carbons (Fsp3) is 0.214. The average Bonchev–Trinajstić information content (AvgIpc) is 2.49. The second kappa shape index (κ2) is 5.93. The van der Waals surface area contributed by atoms with Gasteiger partial charge in [0.25, 0.3) is 5.91 Å². The van der Waals surface area contributed by atoms with E-state index < -0.39 is 5.54 Å². The number of benzene rings is 1. The summed E-state index contributed by atoms with van der Waals surface area (Å²) in [6, 6.07) is 9.83. The second-order valence-electron chi connectivity index (χ2n) is 4.41. The van der Waals surface area contributed by atoms with Crippen LogP contribution in [0.3, 0.4) is 0 Å². The van der Waals surface area contributed by atoms with Crippen LogP contribution in [-0.4, -0.2) is 21.2 Å². The molecule has 0 fully saturated rings. The number of carbonyl (C=O) groups excluding carboxylic acids is 1. The second-order valence-corrected chi connectivity index (χ2v) is 4.97. The Morgan fingerprint density at radius 3 is 2.47 bits per heavy atom. The van der Waals surface area contributed by atoms with Gasteiger partial charge in [-0.15, -0.1) is 0 Å². The quantitative estimate of drug-likeness (QED) is 0.881. The molecular formula is C14H14BrN3O. The van der Waals surface area contributed by atoms with Crippen LogP contribution in [0.1, 0.15) is 22.8 Å². The monoisotopic (exact) mass is 319 g/mol. The zero-order chi connectivity index (χ0) is 13.7. The van der Waals surface area contributed by atoms with Crippen LogP contribution in [0.15, 0.2) is 49.1 Å². The Hall–Kier alpha value is -1.75. The molecule has 0 bridgehead atoms. The minimum absolute atomic E-state index is 0.189. The first-order valence-electron chi connectivity index (χ1n) is 5.85. The normalized spacial score (nSPS) is 13.6. The van der Waals surface area contributed by atoms with Gasteiger partial charge in [-0.2, -0.15) is 0 Å². The number of nitrogens with one attached hydrogen (secondary N) is 1. The summed E-state index contributed by atoms with van der Waals surface area (Å²) in [6.45, 7) is 1.97. The molecule has 2 aromatic rings. The number of nitrogens with zero attached hydrogens (tertiary/aromatic N) is 2. The van der Waals surface area contributed by atoms with Crippen LogP contribution in [0, 0.1) is 0 Å². The maximum atomic E-state index is 12.2. The van der Waals surface area contributed by atoms with Crippen molar-refractivity contribution in [1.82, 2.24) is 15.3 Å². The van der Waals surface area contributed by atoms with Crippen LogP contribution >= 0.6 is 15.9 Å². The maximum Gasteiger partial charge on any atom is 0.255 e. The first-order valence-corrected chi connectivity index (χ1v) is 6.97. The number of carbonyl (C=O) groups is 1. The van der Waals surface area contributed by atoms with Crippen molar-refractivity contribution < 1.29 is 4.79 Å². The summed E-state index contributed by atoms with van der Waals surface area (Å²) in [5.41, 5.74) is 1.01. The van der Waals surface area contributed by atoms with Gasteiger partial charge in [-0.1, -0.05) is 46.3 Å². The molecule has 0 aliphatic rings. The Morgan fingerprint density at radius 2 is 1.89 bits per heavy atom. The molecule has 19 heavy (non-hydrogen) atoms. The van der Waals surface area contributed by atoms with Crippen molar-refractivity contribution in [2.45, 2.75) is 12.5 Å². The zero-order valence-electron chi connectivity index (χ0n) is 10.5. The molecule has 5 heteroatoms. The lowest BCUT2D eigenvalue weighted by Gasteiger charge is -2.29. The lowest BCUT2D eigenvalue weighted by Crippen LogP contribution is -2.45. The third kappa shape index (κ3) is 3.17. The molecule has 1 atom stereocenters. The van der Waals surface area contributed by atoms with E-state index in [0.717, 1.165) is 5.56 Å². The van der Waals surface area contributed by atoms with Crippen molar-refractivity contribution >= 4 is 21.8 Å². The fourth-order valence-electron chi connectivity index (χ4n) is 1.73. The Bertz CT molecular complexity index is 547.